The Balaban J connectivity index is 1.84. The van der Waals surface area contributed by atoms with Gasteiger partial charge < -0.3 is 5.32 Å². The Hall–Kier alpha value is -2.97. The standard InChI is InChI=1S/C17H15F3N4O5S2/c1-30(26,27)16-23-14(13-4-2-3-9-24(13)16)15(25)22-11-5-7-12(8-6-11)31(28,29)21-10-17(18,19)20/h2-9,21H,10H2,1H3,(H,22,25). The highest BCUT2D eigenvalue weighted by Crippen LogP contribution is 2.20. The van der Waals surface area contributed by atoms with Crippen LogP contribution in [0.25, 0.3) is 5.52 Å². The van der Waals surface area contributed by atoms with Crippen molar-refractivity contribution in [3.05, 3.63) is 54.4 Å². The third-order valence-corrected chi connectivity index (χ3v) is 6.32. The van der Waals surface area contributed by atoms with E-state index in [0.29, 0.717) is 0 Å². The Bertz CT molecular complexity index is 1350. The summed E-state index contributed by atoms with van der Waals surface area (Å²) in [6, 6.07) is 9.04. The predicted molar refractivity (Wildman–Crippen MR) is 104 cm³/mol. The van der Waals surface area contributed by atoms with Crippen LogP contribution in [0.1, 0.15) is 10.5 Å². The van der Waals surface area contributed by atoms with Crippen molar-refractivity contribution in [1.82, 2.24) is 14.1 Å². The van der Waals surface area contributed by atoms with Crippen LogP contribution in [0, 0.1) is 0 Å². The summed E-state index contributed by atoms with van der Waals surface area (Å²) in [7, 11) is -8.13. The second kappa shape index (κ2) is 7.94. The summed E-state index contributed by atoms with van der Waals surface area (Å²) in [5.74, 6) is -0.760. The quantitative estimate of drug-likeness (QED) is 0.559. The minimum Gasteiger partial charge on any atom is -0.321 e. The molecule has 0 aliphatic rings. The van der Waals surface area contributed by atoms with E-state index in [2.05, 4.69) is 10.3 Å². The van der Waals surface area contributed by atoms with E-state index in [9.17, 15) is 34.8 Å². The van der Waals surface area contributed by atoms with E-state index in [4.69, 9.17) is 0 Å². The van der Waals surface area contributed by atoms with Gasteiger partial charge >= 0.3 is 6.18 Å². The molecule has 0 atom stereocenters. The molecule has 31 heavy (non-hydrogen) atoms. The predicted octanol–water partition coefficient (Wildman–Crippen LogP) is 1.83. The van der Waals surface area contributed by atoms with Crippen LogP contribution in [0.5, 0.6) is 0 Å². The first-order valence-corrected chi connectivity index (χ1v) is 11.8. The average molecular weight is 476 g/mol. The number of imidazole rings is 1. The Kier molecular flexibility index (Phi) is 5.82. The van der Waals surface area contributed by atoms with Gasteiger partial charge in [-0.3, -0.25) is 9.20 Å². The molecular formula is C17H15F3N4O5S2. The zero-order valence-electron chi connectivity index (χ0n) is 15.7. The maximum atomic E-state index is 12.6. The molecular weight excluding hydrogens is 461 g/mol. The van der Waals surface area contributed by atoms with Crippen LogP contribution in [-0.4, -0.2) is 51.1 Å². The number of pyridine rings is 1. The van der Waals surface area contributed by atoms with Gasteiger partial charge in [-0.2, -0.15) is 13.2 Å². The molecule has 0 saturated carbocycles. The third-order valence-electron chi connectivity index (χ3n) is 3.95. The normalized spacial score (nSPS) is 12.8. The van der Waals surface area contributed by atoms with Crippen molar-refractivity contribution in [2.45, 2.75) is 16.2 Å². The number of rotatable bonds is 6. The smallest absolute Gasteiger partial charge is 0.321 e. The van der Waals surface area contributed by atoms with Crippen LogP contribution in [0.2, 0.25) is 0 Å². The topological polar surface area (TPSA) is 127 Å². The number of carbonyl (C=O) groups excluding carboxylic acids is 1. The van der Waals surface area contributed by atoms with Gasteiger partial charge in [0, 0.05) is 18.1 Å². The first kappa shape index (κ1) is 22.7. The molecule has 2 N–H and O–H groups in total. The first-order valence-electron chi connectivity index (χ1n) is 8.43. The number of sulfone groups is 1. The Morgan fingerprint density at radius 1 is 1.06 bits per heavy atom. The van der Waals surface area contributed by atoms with Crippen LogP contribution in [-0.2, 0) is 19.9 Å². The van der Waals surface area contributed by atoms with E-state index in [1.54, 1.807) is 12.1 Å². The fourth-order valence-electron chi connectivity index (χ4n) is 2.61. The van der Waals surface area contributed by atoms with Crippen LogP contribution in [0.4, 0.5) is 18.9 Å². The lowest BCUT2D eigenvalue weighted by molar-refractivity contribution is -0.121. The number of amides is 1. The van der Waals surface area contributed by atoms with Gasteiger partial charge in [0.25, 0.3) is 5.91 Å². The molecule has 9 nitrogen and oxygen atoms in total. The van der Waals surface area contributed by atoms with E-state index < -0.39 is 43.4 Å². The zero-order chi connectivity index (χ0) is 23.0. The maximum absolute atomic E-state index is 12.6. The number of aromatic nitrogens is 2. The maximum Gasteiger partial charge on any atom is 0.402 e. The molecule has 0 fully saturated rings. The number of benzene rings is 1. The van der Waals surface area contributed by atoms with Crippen molar-refractivity contribution in [2.75, 3.05) is 18.1 Å². The molecule has 0 radical (unpaired) electrons. The molecule has 0 unspecified atom stereocenters. The number of hydrogen-bond donors (Lipinski definition) is 2. The minimum absolute atomic E-state index is 0.123. The summed E-state index contributed by atoms with van der Waals surface area (Å²) in [6.07, 6.45) is -2.33. The zero-order valence-corrected chi connectivity index (χ0v) is 17.3. The monoisotopic (exact) mass is 476 g/mol. The van der Waals surface area contributed by atoms with E-state index in [1.807, 2.05) is 0 Å². The number of fused-ring (bicyclic) bond motifs is 1. The van der Waals surface area contributed by atoms with Gasteiger partial charge in [0.05, 0.1) is 10.4 Å². The van der Waals surface area contributed by atoms with Gasteiger partial charge in [0.15, 0.2) is 5.69 Å². The SMILES string of the molecule is CS(=O)(=O)c1nc(C(=O)Nc2ccc(S(=O)(=O)NCC(F)(F)F)cc2)c2ccccn12. The largest absolute Gasteiger partial charge is 0.402 e. The number of carbonyl (C=O) groups is 1. The highest BCUT2D eigenvalue weighted by molar-refractivity contribution is 7.90. The van der Waals surface area contributed by atoms with E-state index in [0.717, 1.165) is 18.4 Å². The van der Waals surface area contributed by atoms with Gasteiger partial charge in [-0.1, -0.05) is 6.07 Å². The van der Waals surface area contributed by atoms with Crippen molar-refractivity contribution in [1.29, 1.82) is 0 Å². The molecule has 0 aliphatic carbocycles. The molecule has 3 rings (SSSR count). The van der Waals surface area contributed by atoms with E-state index in [-0.39, 0.29) is 22.1 Å². The number of alkyl halides is 3. The first-order chi connectivity index (χ1) is 14.3. The van der Waals surface area contributed by atoms with Crippen LogP contribution < -0.4 is 10.0 Å². The summed E-state index contributed by atoms with van der Waals surface area (Å²) in [4.78, 5) is 16.1. The molecule has 0 spiro atoms. The molecule has 2 aromatic heterocycles. The van der Waals surface area contributed by atoms with Gasteiger partial charge in [0.1, 0.15) is 6.54 Å². The van der Waals surface area contributed by atoms with Gasteiger partial charge in [-0.15, -0.1) is 0 Å². The fraction of sp³-hybridized carbons (Fsp3) is 0.176. The van der Waals surface area contributed by atoms with Crippen LogP contribution in [0.15, 0.2) is 58.7 Å². The van der Waals surface area contributed by atoms with Gasteiger partial charge in [-0.05, 0) is 36.4 Å². The average Bonchev–Trinajstić information content (AvgIpc) is 3.07. The van der Waals surface area contributed by atoms with Crippen LogP contribution in [0.3, 0.4) is 0 Å². The van der Waals surface area contributed by atoms with Crippen molar-refractivity contribution in [2.24, 2.45) is 0 Å². The molecule has 3 aromatic rings. The second-order valence-corrected chi connectivity index (χ2v) is 10.1. The second-order valence-electron chi connectivity index (χ2n) is 6.39. The highest BCUT2D eigenvalue weighted by Gasteiger charge is 2.30. The minimum atomic E-state index is -4.71. The number of sulfonamides is 1. The summed E-state index contributed by atoms with van der Waals surface area (Å²) < 4.78 is 87.1. The summed E-state index contributed by atoms with van der Waals surface area (Å²) >= 11 is 0. The molecule has 2 heterocycles. The van der Waals surface area contributed by atoms with Crippen molar-refractivity contribution in [3.63, 3.8) is 0 Å². The van der Waals surface area contributed by atoms with Crippen molar-refractivity contribution < 1.29 is 34.8 Å². The van der Waals surface area contributed by atoms with Crippen molar-refractivity contribution in [3.8, 4) is 0 Å². The highest BCUT2D eigenvalue weighted by atomic mass is 32.2. The number of nitrogens with zero attached hydrogens (tertiary/aromatic N) is 2. The van der Waals surface area contributed by atoms with Crippen LogP contribution >= 0.6 is 0 Å². The molecule has 0 bridgehead atoms. The number of nitrogens with one attached hydrogen (secondary N) is 2. The van der Waals surface area contributed by atoms with E-state index >= 15 is 0 Å². The molecule has 1 amide bonds. The number of hydrogen-bond acceptors (Lipinski definition) is 6. The van der Waals surface area contributed by atoms with Gasteiger partial charge in [0.2, 0.25) is 25.0 Å². The molecule has 166 valence electrons. The van der Waals surface area contributed by atoms with Gasteiger partial charge in [-0.25, -0.2) is 26.5 Å². The Labute approximate surface area is 174 Å². The summed E-state index contributed by atoms with van der Waals surface area (Å²) in [6.45, 7) is -1.72. The molecule has 1 aromatic carbocycles. The number of halogens is 3. The molecule has 14 heteroatoms. The fourth-order valence-corrected chi connectivity index (χ4v) is 4.39. The lowest BCUT2D eigenvalue weighted by Gasteiger charge is -2.10. The summed E-state index contributed by atoms with van der Waals surface area (Å²) in [5.41, 5.74) is 0.179. The van der Waals surface area contributed by atoms with Crippen molar-refractivity contribution >= 4 is 37.0 Å². The molecule has 0 saturated heterocycles. The number of anilines is 1. The third kappa shape index (κ3) is 5.21. The lowest BCUT2D eigenvalue weighted by atomic mass is 10.3. The summed E-state index contributed by atoms with van der Waals surface area (Å²) in [5, 5.41) is 2.12. The lowest BCUT2D eigenvalue weighted by Crippen LogP contribution is -2.33. The Morgan fingerprint density at radius 2 is 1.71 bits per heavy atom. The van der Waals surface area contributed by atoms with E-state index in [1.165, 1.54) is 33.5 Å². The Morgan fingerprint density at radius 3 is 2.29 bits per heavy atom. The molecule has 0 aliphatic heterocycles.